The minimum absolute atomic E-state index is 0.0861. The fraction of sp³-hybridized carbons (Fsp3) is 0.907. The average molecular weight is 1530 g/mol. The Labute approximate surface area is 643 Å². The standard InChI is InChI=1S/C86H164O17P2/c1-5-9-13-17-21-25-29-33-36-38-39-40-41-43-46-49-53-57-61-65-69-73-86(91)103-82(77-97-84(89)71-67-63-59-55-51-47-45-42-37-34-30-26-22-18-14-10-6-2)79-101-105(94,95)99-75-80(87)74-98-104(92,93)100-78-81(76-96-83(88)70-66-62-58-54-50-32-28-24-20-16-12-8-4)102-85(90)72-68-64-60-56-52-48-44-35-31-27-23-19-15-11-7-3/h27,31,35,44,80-82,87H,5-26,28-30,32-34,36-43,45-79H2,1-4H3,(H,92,93)(H,94,95)/b31-27-,44-35-/t80-,81+,82+/m0/s1. The van der Waals surface area contributed by atoms with Gasteiger partial charge in [0.1, 0.15) is 19.3 Å². The van der Waals surface area contributed by atoms with E-state index in [1.807, 2.05) is 0 Å². The van der Waals surface area contributed by atoms with E-state index in [2.05, 4.69) is 52.0 Å². The summed E-state index contributed by atoms with van der Waals surface area (Å²) >= 11 is 0. The van der Waals surface area contributed by atoms with Crippen molar-refractivity contribution in [1.82, 2.24) is 0 Å². The number of carbonyl (C=O) groups excluding carboxylic acids is 4. The molecule has 2 unspecified atom stereocenters. The van der Waals surface area contributed by atoms with Crippen molar-refractivity contribution in [3.8, 4) is 0 Å². The Balaban J connectivity index is 5.27. The van der Waals surface area contributed by atoms with Crippen LogP contribution in [0.25, 0.3) is 0 Å². The Morgan fingerprint density at radius 3 is 0.695 bits per heavy atom. The van der Waals surface area contributed by atoms with Gasteiger partial charge in [0.15, 0.2) is 12.2 Å². The van der Waals surface area contributed by atoms with Gasteiger partial charge >= 0.3 is 39.5 Å². The van der Waals surface area contributed by atoms with Crippen LogP contribution in [-0.2, 0) is 65.4 Å². The lowest BCUT2D eigenvalue weighted by molar-refractivity contribution is -0.161. The number of rotatable bonds is 85. The first-order chi connectivity index (χ1) is 51.2. The van der Waals surface area contributed by atoms with Crippen molar-refractivity contribution in [2.45, 2.75) is 463 Å². The number of carbonyl (C=O) groups is 4. The van der Waals surface area contributed by atoms with Gasteiger partial charge in [-0.1, -0.05) is 392 Å². The quantitative estimate of drug-likeness (QED) is 0.0169. The van der Waals surface area contributed by atoms with Crippen molar-refractivity contribution in [1.29, 1.82) is 0 Å². The van der Waals surface area contributed by atoms with E-state index in [9.17, 15) is 43.2 Å². The summed E-state index contributed by atoms with van der Waals surface area (Å²) in [6.45, 7) is 4.99. The molecule has 0 aliphatic rings. The molecule has 17 nitrogen and oxygen atoms in total. The molecule has 0 rings (SSSR count). The van der Waals surface area contributed by atoms with E-state index < -0.39 is 97.5 Å². The number of unbranched alkanes of at least 4 members (excludes halogenated alkanes) is 56. The summed E-state index contributed by atoms with van der Waals surface area (Å²) in [4.78, 5) is 73.2. The molecule has 0 aliphatic heterocycles. The van der Waals surface area contributed by atoms with Crippen LogP contribution < -0.4 is 0 Å². The summed E-state index contributed by atoms with van der Waals surface area (Å²) in [6.07, 6.45) is 77.1. The van der Waals surface area contributed by atoms with Gasteiger partial charge in [-0.25, -0.2) is 9.13 Å². The first-order valence-electron chi connectivity index (χ1n) is 44.1. The molecule has 0 amide bonds. The van der Waals surface area contributed by atoms with Crippen LogP contribution in [0.1, 0.15) is 445 Å². The lowest BCUT2D eigenvalue weighted by atomic mass is 10.0. The van der Waals surface area contributed by atoms with Gasteiger partial charge in [-0.05, 0) is 51.4 Å². The van der Waals surface area contributed by atoms with Crippen LogP contribution in [0.15, 0.2) is 24.3 Å². The molecule has 0 aliphatic carbocycles. The lowest BCUT2D eigenvalue weighted by Gasteiger charge is -2.21. The molecule has 0 saturated heterocycles. The zero-order chi connectivity index (χ0) is 76.7. The normalized spacial score (nSPS) is 13.9. The summed E-state index contributed by atoms with van der Waals surface area (Å²) in [5.41, 5.74) is 0. The van der Waals surface area contributed by atoms with Crippen LogP contribution in [0.4, 0.5) is 0 Å². The van der Waals surface area contributed by atoms with Crippen LogP contribution in [0.2, 0.25) is 0 Å². The van der Waals surface area contributed by atoms with Crippen molar-refractivity contribution in [3.63, 3.8) is 0 Å². The minimum Gasteiger partial charge on any atom is -0.462 e. The van der Waals surface area contributed by atoms with Crippen LogP contribution in [0, 0.1) is 0 Å². The highest BCUT2D eigenvalue weighted by molar-refractivity contribution is 7.47. The number of phosphoric ester groups is 2. The van der Waals surface area contributed by atoms with E-state index >= 15 is 0 Å². The van der Waals surface area contributed by atoms with Gasteiger partial charge in [0.05, 0.1) is 26.4 Å². The Morgan fingerprint density at radius 1 is 0.267 bits per heavy atom. The van der Waals surface area contributed by atoms with E-state index in [4.69, 9.17) is 37.0 Å². The Kier molecular flexibility index (Phi) is 77.8. The van der Waals surface area contributed by atoms with Gasteiger partial charge in [-0.2, -0.15) is 0 Å². The maximum Gasteiger partial charge on any atom is 0.472 e. The van der Waals surface area contributed by atoms with Gasteiger partial charge in [-0.15, -0.1) is 0 Å². The van der Waals surface area contributed by atoms with Crippen LogP contribution >= 0.6 is 15.6 Å². The first kappa shape index (κ1) is 103. The molecule has 0 bridgehead atoms. The fourth-order valence-electron chi connectivity index (χ4n) is 13.0. The van der Waals surface area contributed by atoms with Gasteiger partial charge in [0.2, 0.25) is 0 Å². The van der Waals surface area contributed by atoms with E-state index in [0.29, 0.717) is 25.7 Å². The first-order valence-corrected chi connectivity index (χ1v) is 47.1. The zero-order valence-corrected chi connectivity index (χ0v) is 70.0. The Morgan fingerprint density at radius 2 is 0.457 bits per heavy atom. The fourth-order valence-corrected chi connectivity index (χ4v) is 14.6. The molecule has 19 heteroatoms. The summed E-state index contributed by atoms with van der Waals surface area (Å²) in [5, 5.41) is 10.7. The van der Waals surface area contributed by atoms with Crippen molar-refractivity contribution >= 4 is 39.5 Å². The van der Waals surface area contributed by atoms with E-state index in [1.54, 1.807) is 0 Å². The number of aliphatic hydroxyl groups excluding tert-OH is 1. The summed E-state index contributed by atoms with van der Waals surface area (Å²) in [6, 6.07) is 0. The van der Waals surface area contributed by atoms with Crippen molar-refractivity contribution in [2.75, 3.05) is 39.6 Å². The predicted molar refractivity (Wildman–Crippen MR) is 432 cm³/mol. The number of esters is 4. The van der Waals surface area contributed by atoms with E-state index in [-0.39, 0.29) is 25.7 Å². The minimum atomic E-state index is -4.97. The third-order valence-electron chi connectivity index (χ3n) is 19.7. The largest absolute Gasteiger partial charge is 0.472 e. The highest BCUT2D eigenvalue weighted by atomic mass is 31.2. The summed E-state index contributed by atoms with van der Waals surface area (Å²) in [5.74, 6) is -2.13. The van der Waals surface area contributed by atoms with Crippen LogP contribution in [-0.4, -0.2) is 96.7 Å². The van der Waals surface area contributed by atoms with Gasteiger partial charge in [0, 0.05) is 25.7 Å². The van der Waals surface area contributed by atoms with Gasteiger partial charge in [0.25, 0.3) is 0 Å². The molecule has 0 spiro atoms. The molecular weight excluding hydrogens is 1370 g/mol. The highest BCUT2D eigenvalue weighted by Gasteiger charge is 2.30. The van der Waals surface area contributed by atoms with Crippen LogP contribution in [0.3, 0.4) is 0 Å². The molecule has 5 atom stereocenters. The van der Waals surface area contributed by atoms with Crippen LogP contribution in [0.5, 0.6) is 0 Å². The smallest absolute Gasteiger partial charge is 0.462 e. The summed E-state index contributed by atoms with van der Waals surface area (Å²) < 4.78 is 68.9. The highest BCUT2D eigenvalue weighted by Crippen LogP contribution is 2.45. The summed E-state index contributed by atoms with van der Waals surface area (Å²) in [7, 11) is -9.94. The lowest BCUT2D eigenvalue weighted by Crippen LogP contribution is -2.30. The number of allylic oxidation sites excluding steroid dienone is 4. The number of phosphoric acid groups is 2. The molecule has 0 saturated carbocycles. The van der Waals surface area contributed by atoms with E-state index in [1.165, 1.54) is 263 Å². The zero-order valence-electron chi connectivity index (χ0n) is 68.2. The average Bonchev–Trinajstić information content (AvgIpc) is 0.918. The number of aliphatic hydroxyl groups is 1. The number of hydrogen-bond acceptors (Lipinski definition) is 15. The maximum atomic E-state index is 13.1. The van der Waals surface area contributed by atoms with Crippen molar-refractivity contribution in [3.05, 3.63) is 24.3 Å². The topological polar surface area (TPSA) is 237 Å². The Bertz CT molecular complexity index is 2080. The molecule has 0 aromatic rings. The molecule has 3 N–H and O–H groups in total. The molecule has 0 heterocycles. The van der Waals surface area contributed by atoms with Crippen molar-refractivity contribution < 1.29 is 80.2 Å². The molecule has 0 radical (unpaired) electrons. The molecule has 0 fully saturated rings. The molecule has 620 valence electrons. The van der Waals surface area contributed by atoms with E-state index in [0.717, 1.165) is 103 Å². The third kappa shape index (κ3) is 79.4. The van der Waals surface area contributed by atoms with Crippen molar-refractivity contribution in [2.24, 2.45) is 0 Å². The molecule has 0 aromatic carbocycles. The SMILES string of the molecule is CCCCCC/C=C\C=C/CCCCCCCC(=O)O[C@H](COC(=O)CCCCCCCCCCCCCC)COP(=O)(O)OC[C@H](O)COP(=O)(O)OC[C@@H](COC(=O)CCCCCCCCCCCCCCCCCCC)OC(=O)CCCCCCCCCCCCCCCCCCCCCCC. The van der Waals surface area contributed by atoms with Gasteiger partial charge in [-0.3, -0.25) is 37.3 Å². The second kappa shape index (κ2) is 79.6. The van der Waals surface area contributed by atoms with Gasteiger partial charge < -0.3 is 33.8 Å². The monoisotopic (exact) mass is 1530 g/mol. The second-order valence-electron chi connectivity index (χ2n) is 30.2. The molecule has 105 heavy (non-hydrogen) atoms. The third-order valence-corrected chi connectivity index (χ3v) is 21.6. The number of hydrogen-bond donors (Lipinski definition) is 3. The molecule has 0 aromatic heterocycles. The Hall–Kier alpha value is -2.46. The maximum absolute atomic E-state index is 13.1. The predicted octanol–water partition coefficient (Wildman–Crippen LogP) is 26.1. The number of ether oxygens (including phenoxy) is 4. The molecular formula is C86H164O17P2. The second-order valence-corrected chi connectivity index (χ2v) is 33.1.